The fourth-order valence-corrected chi connectivity index (χ4v) is 12.4. The Morgan fingerprint density at radius 1 is 0.310 bits per heavy atom. The highest BCUT2D eigenvalue weighted by Crippen LogP contribution is 2.61. The molecule has 5 nitrogen and oxygen atoms in total. The third-order valence-corrected chi connectivity index (χ3v) is 15.8. The quantitative estimate of drug-likeness (QED) is 0.166. The molecule has 3 heterocycles. The van der Waals surface area contributed by atoms with Gasteiger partial charge in [0.2, 0.25) is 0 Å². The minimum Gasteiger partial charge on any atom is -0.455 e. The molecule has 2 aliphatic rings. The number of hydrogen-bond acceptors (Lipinski definition) is 5. The zero-order valence-corrected chi connectivity index (χ0v) is 39.7. The maximum Gasteiger partial charge on any atom is 0.159 e. The summed E-state index contributed by atoms with van der Waals surface area (Å²) in [5.41, 5.74) is 20.9. The normalized spacial score (nSPS) is 14.1. The van der Waals surface area contributed by atoms with Crippen molar-refractivity contribution in [2.75, 3.05) is 9.80 Å². The molecule has 0 saturated heterocycles. The summed E-state index contributed by atoms with van der Waals surface area (Å²) in [4.78, 5) is 4.74. The zero-order valence-electron chi connectivity index (χ0n) is 39.7. The summed E-state index contributed by atoms with van der Waals surface area (Å²) < 4.78 is 20.6. The van der Waals surface area contributed by atoms with E-state index in [4.69, 9.17) is 13.3 Å². The van der Waals surface area contributed by atoms with Crippen LogP contribution in [-0.4, -0.2) is 0 Å². The summed E-state index contributed by atoms with van der Waals surface area (Å²) in [6.07, 6.45) is 0. The second kappa shape index (κ2) is 14.4. The maximum absolute atomic E-state index is 7.19. The first-order valence-electron chi connectivity index (χ1n) is 24.6. The largest absolute Gasteiger partial charge is 0.455 e. The molecule has 0 bridgehead atoms. The molecule has 5 heteroatoms. The van der Waals surface area contributed by atoms with Gasteiger partial charge in [0.25, 0.3) is 0 Å². The minimum absolute atomic E-state index is 0.302. The predicted octanol–water partition coefficient (Wildman–Crippen LogP) is 18.9. The van der Waals surface area contributed by atoms with Crippen LogP contribution in [0, 0.1) is 0 Å². The van der Waals surface area contributed by atoms with Crippen molar-refractivity contribution in [3.63, 3.8) is 0 Å². The number of fused-ring (bicyclic) bond motifs is 16. The van der Waals surface area contributed by atoms with Gasteiger partial charge in [-0.15, -0.1) is 0 Å². The first-order chi connectivity index (χ1) is 34.7. The molecular formula is C66H46N2O3. The van der Waals surface area contributed by atoms with Crippen molar-refractivity contribution in [3.8, 4) is 22.3 Å². The van der Waals surface area contributed by atoms with E-state index in [0.717, 1.165) is 106 Å². The number of anilines is 6. The van der Waals surface area contributed by atoms with Gasteiger partial charge in [-0.05, 0) is 118 Å². The first-order valence-corrected chi connectivity index (χ1v) is 24.6. The number of hydrogen-bond donors (Lipinski definition) is 0. The Kier molecular flexibility index (Phi) is 8.13. The van der Waals surface area contributed by atoms with E-state index in [1.807, 2.05) is 12.1 Å². The van der Waals surface area contributed by atoms with Crippen LogP contribution in [0.3, 0.4) is 0 Å². The van der Waals surface area contributed by atoms with E-state index in [9.17, 15) is 0 Å². The number of benzene rings is 10. The summed E-state index contributed by atoms with van der Waals surface area (Å²) in [7, 11) is 0. The standard InChI is InChI=1S/C66H46N2O3/c1-65(2)50-35-41(67(39-19-7-5-8-20-39)54-28-17-26-45-43-23-11-14-30-57(43)69-62(45)54)33-34-42(50)48-36-49-52(37-51(48)65)66(3,4)53-38-56(61-47-25-13-16-32-59(47)71-64(61)60(49)53)68(40-21-9-6-10-22-40)55-29-18-27-46-44-24-12-15-31-58(44)70-63(46)55/h5-38H,1-4H3. The second-order valence-electron chi connectivity index (χ2n) is 20.4. The van der Waals surface area contributed by atoms with Crippen LogP contribution < -0.4 is 9.80 Å². The molecule has 338 valence electrons. The highest BCUT2D eigenvalue weighted by molar-refractivity contribution is 6.20. The molecule has 10 aromatic carbocycles. The average molecular weight is 915 g/mol. The summed E-state index contributed by atoms with van der Waals surface area (Å²) >= 11 is 0. The molecule has 15 rings (SSSR count). The average Bonchev–Trinajstić information content (AvgIpc) is 4.20. The summed E-state index contributed by atoms with van der Waals surface area (Å²) in [6, 6.07) is 74.0. The molecule has 3 aromatic heterocycles. The number of nitrogens with zero attached hydrogens (tertiary/aromatic N) is 2. The van der Waals surface area contributed by atoms with E-state index in [1.165, 1.54) is 38.9 Å². The van der Waals surface area contributed by atoms with Gasteiger partial charge >= 0.3 is 0 Å². The Balaban J connectivity index is 0.940. The lowest BCUT2D eigenvalue weighted by atomic mass is 9.77. The highest BCUT2D eigenvalue weighted by Gasteiger charge is 2.44. The van der Waals surface area contributed by atoms with Crippen LogP contribution in [0.15, 0.2) is 220 Å². The topological polar surface area (TPSA) is 45.9 Å². The molecule has 0 N–H and O–H groups in total. The van der Waals surface area contributed by atoms with Crippen molar-refractivity contribution >= 4 is 99.9 Å². The van der Waals surface area contributed by atoms with Crippen molar-refractivity contribution in [1.82, 2.24) is 0 Å². The lowest BCUT2D eigenvalue weighted by molar-refractivity contribution is 0.638. The zero-order chi connectivity index (χ0) is 47.3. The van der Waals surface area contributed by atoms with Crippen LogP contribution >= 0.6 is 0 Å². The van der Waals surface area contributed by atoms with E-state index in [-0.39, 0.29) is 10.8 Å². The van der Waals surface area contributed by atoms with E-state index in [2.05, 4.69) is 232 Å². The molecule has 0 aliphatic heterocycles. The molecule has 0 atom stereocenters. The molecule has 71 heavy (non-hydrogen) atoms. The van der Waals surface area contributed by atoms with Gasteiger partial charge in [0.05, 0.1) is 22.4 Å². The van der Waals surface area contributed by atoms with Gasteiger partial charge in [0.1, 0.15) is 22.3 Å². The van der Waals surface area contributed by atoms with Crippen LogP contribution in [0.1, 0.15) is 49.9 Å². The van der Waals surface area contributed by atoms with Crippen LogP contribution in [-0.2, 0) is 10.8 Å². The van der Waals surface area contributed by atoms with E-state index in [0.29, 0.717) is 0 Å². The Hall–Kier alpha value is -8.80. The molecule has 2 aliphatic carbocycles. The summed E-state index contributed by atoms with van der Waals surface area (Å²) in [5, 5.41) is 6.56. The fraction of sp³-hybridized carbons (Fsp3) is 0.0909. The van der Waals surface area contributed by atoms with Crippen LogP contribution in [0.2, 0.25) is 0 Å². The van der Waals surface area contributed by atoms with Crippen molar-refractivity contribution in [1.29, 1.82) is 0 Å². The molecule has 0 unspecified atom stereocenters. The van der Waals surface area contributed by atoms with Crippen LogP contribution in [0.25, 0.3) is 88.1 Å². The SMILES string of the molecule is CC1(C)c2cc(N(c3ccccc3)c3cccc4c3oc3ccccc34)ccc2-c2cc3c(cc21)C(C)(C)c1cc(N(c2ccccc2)c2cccc4c2oc2ccccc24)c2c(oc4ccccc42)c1-3. The van der Waals surface area contributed by atoms with Gasteiger partial charge in [0.15, 0.2) is 11.2 Å². The van der Waals surface area contributed by atoms with Crippen molar-refractivity contribution in [2.24, 2.45) is 0 Å². The number of para-hydroxylation sites is 7. The predicted molar refractivity (Wildman–Crippen MR) is 293 cm³/mol. The molecule has 13 aromatic rings. The molecule has 0 amide bonds. The van der Waals surface area contributed by atoms with E-state index in [1.54, 1.807) is 0 Å². The molecule has 0 saturated carbocycles. The monoisotopic (exact) mass is 914 g/mol. The lowest BCUT2D eigenvalue weighted by Crippen LogP contribution is -2.19. The second-order valence-corrected chi connectivity index (χ2v) is 20.4. The van der Waals surface area contributed by atoms with Gasteiger partial charge < -0.3 is 23.1 Å². The number of furan rings is 3. The van der Waals surface area contributed by atoms with Crippen LogP contribution in [0.5, 0.6) is 0 Å². The third kappa shape index (κ3) is 5.52. The molecular weight excluding hydrogens is 869 g/mol. The maximum atomic E-state index is 7.19. The van der Waals surface area contributed by atoms with Crippen molar-refractivity contribution in [3.05, 3.63) is 229 Å². The Bertz CT molecular complexity index is 4360. The molecule has 0 radical (unpaired) electrons. The first kappa shape index (κ1) is 40.1. The number of rotatable bonds is 6. The van der Waals surface area contributed by atoms with E-state index < -0.39 is 0 Å². The molecule has 0 fully saturated rings. The lowest BCUT2D eigenvalue weighted by Gasteiger charge is -2.29. The Morgan fingerprint density at radius 2 is 0.789 bits per heavy atom. The minimum atomic E-state index is -0.374. The summed E-state index contributed by atoms with van der Waals surface area (Å²) in [5.74, 6) is 0. The van der Waals surface area contributed by atoms with Gasteiger partial charge in [-0.2, -0.15) is 0 Å². The Labute approximate surface area is 410 Å². The summed E-state index contributed by atoms with van der Waals surface area (Å²) in [6.45, 7) is 9.56. The fourth-order valence-electron chi connectivity index (χ4n) is 12.4. The van der Waals surface area contributed by atoms with Crippen molar-refractivity contribution < 1.29 is 13.3 Å². The molecule has 0 spiro atoms. The Morgan fingerprint density at radius 3 is 1.42 bits per heavy atom. The van der Waals surface area contributed by atoms with Crippen LogP contribution in [0.4, 0.5) is 34.1 Å². The van der Waals surface area contributed by atoms with Gasteiger partial charge in [0, 0.05) is 60.4 Å². The van der Waals surface area contributed by atoms with Crippen molar-refractivity contribution in [2.45, 2.75) is 38.5 Å². The smallest absolute Gasteiger partial charge is 0.159 e. The van der Waals surface area contributed by atoms with E-state index >= 15 is 0 Å². The van der Waals surface area contributed by atoms with Gasteiger partial charge in [-0.3, -0.25) is 0 Å². The van der Waals surface area contributed by atoms with Gasteiger partial charge in [-0.1, -0.05) is 155 Å². The van der Waals surface area contributed by atoms with Gasteiger partial charge in [-0.25, -0.2) is 0 Å². The third-order valence-electron chi connectivity index (χ3n) is 15.8. The highest BCUT2D eigenvalue weighted by atomic mass is 16.3.